The number of sulfonamides is 1. The van der Waals surface area contributed by atoms with Crippen LogP contribution in [-0.2, 0) is 34.2 Å². The van der Waals surface area contributed by atoms with Gasteiger partial charge in [0.2, 0.25) is 5.91 Å². The highest BCUT2D eigenvalue weighted by atomic mass is 35.5. The molecule has 2 aromatic carbocycles. The van der Waals surface area contributed by atoms with Crippen LogP contribution in [0.2, 0.25) is 5.02 Å². The van der Waals surface area contributed by atoms with E-state index < -0.39 is 50.4 Å². The molecule has 1 saturated heterocycles. The first kappa shape index (κ1) is 22.2. The molecule has 2 aromatic rings. The van der Waals surface area contributed by atoms with Gasteiger partial charge in [0.15, 0.2) is 15.9 Å². The fraction of sp³-hybridized carbons (Fsp3) is 0.222. The third-order valence-corrected chi connectivity index (χ3v) is 7.04. The minimum absolute atomic E-state index is 0.0612. The highest BCUT2D eigenvalue weighted by Gasteiger charge is 2.37. The first-order valence-corrected chi connectivity index (χ1v) is 12.3. The smallest absolute Gasteiger partial charge is 0.265 e. The molecule has 160 valence electrons. The molecular formula is C18H17ClN2O7S2. The Kier molecular flexibility index (Phi) is 6.18. The SMILES string of the molecule is CS(=O)(=O)c1ccc(S(=O)(=O)NC(=O)[C@@H]2OCC(=O)N[C@@H]2c2ccc(Cl)cc2)cc1. The van der Waals surface area contributed by atoms with E-state index in [2.05, 4.69) is 5.32 Å². The Bertz CT molecular complexity index is 1180. The lowest BCUT2D eigenvalue weighted by atomic mass is 9.99. The molecular weight excluding hydrogens is 456 g/mol. The number of hydrogen-bond acceptors (Lipinski definition) is 7. The van der Waals surface area contributed by atoms with Crippen molar-refractivity contribution in [2.24, 2.45) is 0 Å². The summed E-state index contributed by atoms with van der Waals surface area (Å²) < 4.78 is 55.4. The molecule has 9 nitrogen and oxygen atoms in total. The lowest BCUT2D eigenvalue weighted by Gasteiger charge is -2.31. The molecule has 2 N–H and O–H groups in total. The minimum atomic E-state index is -4.31. The third kappa shape index (κ3) is 4.98. The predicted octanol–water partition coefficient (Wildman–Crippen LogP) is 0.805. The Morgan fingerprint density at radius 2 is 1.60 bits per heavy atom. The molecule has 12 heteroatoms. The fourth-order valence-electron chi connectivity index (χ4n) is 2.82. The van der Waals surface area contributed by atoms with Crippen LogP contribution in [0, 0.1) is 0 Å². The molecule has 1 aliphatic heterocycles. The molecule has 2 amide bonds. The summed E-state index contributed by atoms with van der Waals surface area (Å²) in [6.45, 7) is -0.411. The number of hydrogen-bond donors (Lipinski definition) is 2. The third-order valence-electron chi connectivity index (χ3n) is 4.30. The number of nitrogens with one attached hydrogen (secondary N) is 2. The van der Waals surface area contributed by atoms with Crippen LogP contribution in [0.3, 0.4) is 0 Å². The van der Waals surface area contributed by atoms with E-state index in [0.717, 1.165) is 30.5 Å². The van der Waals surface area contributed by atoms with E-state index in [-0.39, 0.29) is 9.79 Å². The van der Waals surface area contributed by atoms with Gasteiger partial charge in [-0.2, -0.15) is 0 Å². The molecule has 30 heavy (non-hydrogen) atoms. The molecule has 2 atom stereocenters. The zero-order valence-electron chi connectivity index (χ0n) is 15.5. The van der Waals surface area contributed by atoms with E-state index in [1.165, 1.54) is 0 Å². The lowest BCUT2D eigenvalue weighted by Crippen LogP contribution is -2.53. The topological polar surface area (TPSA) is 136 Å². The number of sulfone groups is 1. The van der Waals surface area contributed by atoms with Crippen LogP contribution in [0.1, 0.15) is 11.6 Å². The first-order valence-electron chi connectivity index (χ1n) is 8.50. The normalized spacial score (nSPS) is 19.7. The number of rotatable bonds is 5. The number of ether oxygens (including phenoxy) is 1. The van der Waals surface area contributed by atoms with Crippen molar-refractivity contribution in [3.8, 4) is 0 Å². The first-order chi connectivity index (χ1) is 14.0. The number of halogens is 1. The largest absolute Gasteiger partial charge is 0.356 e. The Morgan fingerprint density at radius 1 is 1.03 bits per heavy atom. The number of amides is 2. The van der Waals surface area contributed by atoms with Crippen molar-refractivity contribution in [2.45, 2.75) is 21.9 Å². The second-order valence-electron chi connectivity index (χ2n) is 6.54. The molecule has 0 spiro atoms. The van der Waals surface area contributed by atoms with Gasteiger partial charge in [-0.05, 0) is 42.0 Å². The summed E-state index contributed by atoms with van der Waals surface area (Å²) in [5.41, 5.74) is 0.502. The molecule has 1 aliphatic rings. The summed E-state index contributed by atoms with van der Waals surface area (Å²) in [4.78, 5) is 24.1. The van der Waals surface area contributed by atoms with E-state index in [1.807, 2.05) is 4.72 Å². The summed E-state index contributed by atoms with van der Waals surface area (Å²) in [5.74, 6) is -1.44. The molecule has 0 aliphatic carbocycles. The van der Waals surface area contributed by atoms with Gasteiger partial charge in [-0.15, -0.1) is 0 Å². The van der Waals surface area contributed by atoms with Crippen molar-refractivity contribution >= 4 is 43.3 Å². The zero-order chi connectivity index (χ0) is 22.1. The van der Waals surface area contributed by atoms with Gasteiger partial charge >= 0.3 is 0 Å². The van der Waals surface area contributed by atoms with Crippen LogP contribution < -0.4 is 10.0 Å². The van der Waals surface area contributed by atoms with Gasteiger partial charge in [-0.3, -0.25) is 9.59 Å². The van der Waals surface area contributed by atoms with Crippen molar-refractivity contribution in [1.82, 2.24) is 10.0 Å². The monoisotopic (exact) mass is 472 g/mol. The summed E-state index contributed by atoms with van der Waals surface area (Å²) in [6, 6.07) is 9.77. The van der Waals surface area contributed by atoms with Crippen molar-refractivity contribution in [3.63, 3.8) is 0 Å². The quantitative estimate of drug-likeness (QED) is 0.657. The standard InChI is InChI=1S/C18H17ClN2O7S2/c1-29(24,25)13-6-8-14(9-7-13)30(26,27)21-18(23)17-16(20-15(22)10-28-17)11-2-4-12(19)5-3-11/h2-9,16-17H,10H2,1H3,(H,20,22)(H,21,23)/t16-,17-/m1/s1. The van der Waals surface area contributed by atoms with E-state index in [9.17, 15) is 26.4 Å². The summed E-state index contributed by atoms with van der Waals surface area (Å²) in [6.07, 6.45) is -0.321. The molecule has 0 radical (unpaired) electrons. The molecule has 0 saturated carbocycles. The van der Waals surface area contributed by atoms with Gasteiger partial charge in [0, 0.05) is 11.3 Å². The maximum absolute atomic E-state index is 12.7. The van der Waals surface area contributed by atoms with Crippen molar-refractivity contribution in [2.75, 3.05) is 12.9 Å². The van der Waals surface area contributed by atoms with Crippen molar-refractivity contribution < 1.29 is 31.2 Å². The van der Waals surface area contributed by atoms with Crippen LogP contribution in [0.15, 0.2) is 58.3 Å². The molecule has 1 fully saturated rings. The maximum atomic E-state index is 12.7. The highest BCUT2D eigenvalue weighted by Crippen LogP contribution is 2.25. The number of carbonyl (C=O) groups is 2. The molecule has 0 bridgehead atoms. The van der Waals surface area contributed by atoms with Gasteiger partial charge in [0.25, 0.3) is 15.9 Å². The predicted molar refractivity (Wildman–Crippen MR) is 107 cm³/mol. The lowest BCUT2D eigenvalue weighted by molar-refractivity contribution is -0.146. The van der Waals surface area contributed by atoms with Gasteiger partial charge in [-0.1, -0.05) is 23.7 Å². The highest BCUT2D eigenvalue weighted by molar-refractivity contribution is 7.91. The Balaban J connectivity index is 1.83. The molecule has 0 unspecified atom stereocenters. The minimum Gasteiger partial charge on any atom is -0.356 e. The summed E-state index contributed by atoms with van der Waals surface area (Å²) in [5, 5.41) is 3.05. The Morgan fingerprint density at radius 3 is 2.17 bits per heavy atom. The molecule has 0 aromatic heterocycles. The number of benzene rings is 2. The Hall–Kier alpha value is -2.47. The second-order valence-corrected chi connectivity index (χ2v) is 10.7. The van der Waals surface area contributed by atoms with Gasteiger partial charge in [0.05, 0.1) is 15.8 Å². The fourth-order valence-corrected chi connectivity index (χ4v) is 4.57. The van der Waals surface area contributed by atoms with Gasteiger partial charge in [-0.25, -0.2) is 21.6 Å². The Labute approximate surface area is 178 Å². The molecule has 1 heterocycles. The van der Waals surface area contributed by atoms with E-state index in [4.69, 9.17) is 16.3 Å². The van der Waals surface area contributed by atoms with E-state index >= 15 is 0 Å². The molecule has 3 rings (SSSR count). The van der Waals surface area contributed by atoms with Crippen LogP contribution >= 0.6 is 11.6 Å². The van der Waals surface area contributed by atoms with E-state index in [0.29, 0.717) is 10.6 Å². The number of carbonyl (C=O) groups excluding carboxylic acids is 2. The van der Waals surface area contributed by atoms with Crippen LogP contribution in [0.25, 0.3) is 0 Å². The van der Waals surface area contributed by atoms with E-state index in [1.54, 1.807) is 24.3 Å². The van der Waals surface area contributed by atoms with Crippen LogP contribution in [-0.4, -0.2) is 47.6 Å². The zero-order valence-corrected chi connectivity index (χ0v) is 17.9. The second kappa shape index (κ2) is 8.34. The van der Waals surface area contributed by atoms with Gasteiger partial charge < -0.3 is 10.1 Å². The van der Waals surface area contributed by atoms with Crippen LogP contribution in [0.5, 0.6) is 0 Å². The van der Waals surface area contributed by atoms with Crippen LogP contribution in [0.4, 0.5) is 0 Å². The average Bonchev–Trinajstić information content (AvgIpc) is 2.67. The number of morpholine rings is 1. The summed E-state index contributed by atoms with van der Waals surface area (Å²) >= 11 is 5.86. The van der Waals surface area contributed by atoms with Crippen molar-refractivity contribution in [3.05, 3.63) is 59.1 Å². The van der Waals surface area contributed by atoms with Gasteiger partial charge in [0.1, 0.15) is 6.61 Å². The summed E-state index contributed by atoms with van der Waals surface area (Å²) in [7, 11) is -7.81. The van der Waals surface area contributed by atoms with Crippen molar-refractivity contribution in [1.29, 1.82) is 0 Å². The maximum Gasteiger partial charge on any atom is 0.265 e. The average molecular weight is 473 g/mol.